The number of allylic oxidation sites excluding steroid dienone is 1. The van der Waals surface area contributed by atoms with E-state index in [1.807, 2.05) is 6.92 Å². The Morgan fingerprint density at radius 3 is 2.21 bits per heavy atom. The minimum Gasteiger partial charge on any atom is -0.490 e. The molecule has 5 heteroatoms. The summed E-state index contributed by atoms with van der Waals surface area (Å²) in [6.07, 6.45) is 9.73. The van der Waals surface area contributed by atoms with Crippen molar-refractivity contribution in [1.82, 2.24) is 0 Å². The molecule has 2 fully saturated rings. The molecule has 3 rings (SSSR count). The summed E-state index contributed by atoms with van der Waals surface area (Å²) in [4.78, 5) is 0. The zero-order chi connectivity index (χ0) is 19.9. The maximum atomic E-state index is 14.2. The molecular weight excluding hydrogens is 362 g/mol. The number of halogens is 2. The molecule has 1 heterocycles. The Balaban J connectivity index is 1.44. The van der Waals surface area contributed by atoms with Crippen LogP contribution in [0.25, 0.3) is 0 Å². The van der Waals surface area contributed by atoms with Crippen LogP contribution < -0.4 is 9.47 Å². The van der Waals surface area contributed by atoms with E-state index in [-0.39, 0.29) is 24.2 Å². The highest BCUT2D eigenvalue weighted by atomic mass is 19.2. The predicted molar refractivity (Wildman–Crippen MR) is 106 cm³/mol. The molecule has 1 aliphatic carbocycles. The Morgan fingerprint density at radius 2 is 1.64 bits per heavy atom. The Morgan fingerprint density at radius 1 is 1.00 bits per heavy atom. The van der Waals surface area contributed by atoms with Gasteiger partial charge in [0.15, 0.2) is 11.5 Å². The quantitative estimate of drug-likeness (QED) is 0.512. The van der Waals surface area contributed by atoms with Crippen molar-refractivity contribution in [2.24, 2.45) is 17.8 Å². The monoisotopic (exact) mass is 394 g/mol. The van der Waals surface area contributed by atoms with Crippen LogP contribution in [0.4, 0.5) is 8.78 Å². The average Bonchev–Trinajstić information content (AvgIpc) is 2.74. The molecule has 1 aromatic rings. The van der Waals surface area contributed by atoms with Crippen molar-refractivity contribution in [3.63, 3.8) is 0 Å². The fourth-order valence-corrected chi connectivity index (χ4v) is 4.31. The molecule has 156 valence electrons. The minimum atomic E-state index is -0.999. The van der Waals surface area contributed by atoms with Gasteiger partial charge in [0.1, 0.15) is 6.61 Å². The molecule has 1 saturated heterocycles. The fraction of sp³-hybridized carbons (Fsp3) is 0.652. The first-order chi connectivity index (χ1) is 13.6. The van der Waals surface area contributed by atoms with Gasteiger partial charge in [-0.25, -0.2) is 0 Å². The van der Waals surface area contributed by atoms with Crippen LogP contribution in [0.5, 0.6) is 11.5 Å². The van der Waals surface area contributed by atoms with E-state index in [4.69, 9.17) is 14.2 Å². The molecule has 1 aliphatic heterocycles. The molecule has 0 radical (unpaired) electrons. The second-order valence-corrected chi connectivity index (χ2v) is 8.05. The largest absolute Gasteiger partial charge is 0.490 e. The van der Waals surface area contributed by atoms with Gasteiger partial charge in [-0.2, -0.15) is 8.78 Å². The molecule has 1 aromatic carbocycles. The van der Waals surface area contributed by atoms with E-state index in [1.54, 1.807) is 0 Å². The second-order valence-electron chi connectivity index (χ2n) is 8.05. The van der Waals surface area contributed by atoms with E-state index < -0.39 is 11.6 Å². The maximum Gasteiger partial charge on any atom is 0.204 e. The van der Waals surface area contributed by atoms with Crippen LogP contribution in [0.15, 0.2) is 24.8 Å². The van der Waals surface area contributed by atoms with Crippen molar-refractivity contribution >= 4 is 0 Å². The van der Waals surface area contributed by atoms with Crippen molar-refractivity contribution in [3.8, 4) is 11.5 Å². The average molecular weight is 395 g/mol. The zero-order valence-corrected chi connectivity index (χ0v) is 16.8. The maximum absolute atomic E-state index is 14.2. The summed E-state index contributed by atoms with van der Waals surface area (Å²) in [7, 11) is 0. The summed E-state index contributed by atoms with van der Waals surface area (Å²) >= 11 is 0. The third-order valence-electron chi connectivity index (χ3n) is 6.12. The summed E-state index contributed by atoms with van der Waals surface area (Å²) in [5.74, 6) is -0.140. The Hall–Kier alpha value is -1.62. The number of hydrogen-bond donors (Lipinski definition) is 0. The smallest absolute Gasteiger partial charge is 0.204 e. The van der Waals surface area contributed by atoms with E-state index in [9.17, 15) is 8.78 Å². The standard InChI is InChI=1S/C23H32F2O3/c1-3-13-26-20-11-12-21(23(25)22(20)24)28-15-19-10-9-18(14-27-19)17-7-5-16(4-2)6-8-17/h4,11-12,16-19H,2-3,5-10,13-15H2,1H3. The summed E-state index contributed by atoms with van der Waals surface area (Å²) in [5.41, 5.74) is 0. The van der Waals surface area contributed by atoms with Gasteiger partial charge in [-0.05, 0) is 74.8 Å². The lowest BCUT2D eigenvalue weighted by Gasteiger charge is -2.37. The molecule has 0 spiro atoms. The van der Waals surface area contributed by atoms with Crippen LogP contribution in [-0.4, -0.2) is 25.9 Å². The van der Waals surface area contributed by atoms with Crippen molar-refractivity contribution in [2.75, 3.05) is 19.8 Å². The summed E-state index contributed by atoms with van der Waals surface area (Å²) in [6.45, 7) is 7.14. The zero-order valence-electron chi connectivity index (χ0n) is 16.8. The highest BCUT2D eigenvalue weighted by Gasteiger charge is 2.31. The lowest BCUT2D eigenvalue weighted by molar-refractivity contribution is -0.0557. The van der Waals surface area contributed by atoms with Crippen molar-refractivity contribution in [3.05, 3.63) is 36.4 Å². The van der Waals surface area contributed by atoms with Crippen LogP contribution in [0, 0.1) is 29.4 Å². The predicted octanol–water partition coefficient (Wildman–Crippen LogP) is 5.92. The van der Waals surface area contributed by atoms with Crippen molar-refractivity contribution in [1.29, 1.82) is 0 Å². The van der Waals surface area contributed by atoms with Gasteiger partial charge >= 0.3 is 0 Å². The van der Waals surface area contributed by atoms with Gasteiger partial charge in [0.25, 0.3) is 0 Å². The molecule has 2 unspecified atom stereocenters. The van der Waals surface area contributed by atoms with Crippen LogP contribution >= 0.6 is 0 Å². The van der Waals surface area contributed by atoms with Gasteiger partial charge in [0.05, 0.1) is 19.3 Å². The first-order valence-corrected chi connectivity index (χ1v) is 10.6. The van der Waals surface area contributed by atoms with Gasteiger partial charge in [-0.3, -0.25) is 0 Å². The van der Waals surface area contributed by atoms with E-state index >= 15 is 0 Å². The fourth-order valence-electron chi connectivity index (χ4n) is 4.31. The highest BCUT2D eigenvalue weighted by Crippen LogP contribution is 2.38. The first kappa shape index (κ1) is 21.1. The highest BCUT2D eigenvalue weighted by molar-refractivity contribution is 5.35. The first-order valence-electron chi connectivity index (χ1n) is 10.6. The second kappa shape index (κ2) is 10.2. The summed E-state index contributed by atoms with van der Waals surface area (Å²) in [6, 6.07) is 2.84. The van der Waals surface area contributed by atoms with Crippen molar-refractivity contribution < 1.29 is 23.0 Å². The van der Waals surface area contributed by atoms with Crippen molar-refractivity contribution in [2.45, 2.75) is 58.0 Å². The summed E-state index contributed by atoms with van der Waals surface area (Å²) in [5, 5.41) is 0. The minimum absolute atomic E-state index is 0.0701. The van der Waals surface area contributed by atoms with Gasteiger partial charge in [0.2, 0.25) is 11.6 Å². The molecule has 0 N–H and O–H groups in total. The normalized spacial score (nSPS) is 28.0. The van der Waals surface area contributed by atoms with E-state index in [1.165, 1.54) is 37.8 Å². The number of benzene rings is 1. The molecule has 3 nitrogen and oxygen atoms in total. The lowest BCUT2D eigenvalue weighted by atomic mass is 9.74. The molecule has 2 aliphatic rings. The van der Waals surface area contributed by atoms with Crippen LogP contribution in [0.3, 0.4) is 0 Å². The molecule has 0 bridgehead atoms. The van der Waals surface area contributed by atoms with Gasteiger partial charge in [-0.15, -0.1) is 6.58 Å². The molecular formula is C23H32F2O3. The molecule has 0 aromatic heterocycles. The number of rotatable bonds is 8. The molecule has 2 atom stereocenters. The Bertz CT molecular complexity index is 633. The van der Waals surface area contributed by atoms with Crippen LogP contribution in [-0.2, 0) is 4.74 Å². The third-order valence-corrected chi connectivity index (χ3v) is 6.12. The molecule has 0 amide bonds. The Kier molecular flexibility index (Phi) is 7.72. The lowest BCUT2D eigenvalue weighted by Crippen LogP contribution is -2.35. The Labute approximate surface area is 167 Å². The number of ether oxygens (including phenoxy) is 3. The van der Waals surface area contributed by atoms with Gasteiger partial charge in [-0.1, -0.05) is 13.0 Å². The molecule has 28 heavy (non-hydrogen) atoms. The van der Waals surface area contributed by atoms with E-state index in [2.05, 4.69) is 12.7 Å². The van der Waals surface area contributed by atoms with Crippen LogP contribution in [0.2, 0.25) is 0 Å². The van der Waals surface area contributed by atoms with Crippen LogP contribution in [0.1, 0.15) is 51.9 Å². The summed E-state index contributed by atoms with van der Waals surface area (Å²) < 4.78 is 44.9. The third kappa shape index (κ3) is 5.25. The van der Waals surface area contributed by atoms with Gasteiger partial charge < -0.3 is 14.2 Å². The van der Waals surface area contributed by atoms with Gasteiger partial charge in [0, 0.05) is 0 Å². The number of hydrogen-bond acceptors (Lipinski definition) is 3. The topological polar surface area (TPSA) is 27.7 Å². The van der Waals surface area contributed by atoms with E-state index in [0.29, 0.717) is 18.4 Å². The SMILES string of the molecule is C=CC1CCC(C2CCC(COc3ccc(OCCC)c(F)c3F)OC2)CC1. The molecule has 1 saturated carbocycles. The van der Waals surface area contributed by atoms with E-state index in [0.717, 1.165) is 31.8 Å².